The minimum Gasteiger partial charge on any atom is -0.588 e. The number of nitrogens with one attached hydrogen (secondary N) is 1. The van der Waals surface area contributed by atoms with Crippen LogP contribution in [0.25, 0.3) is 0 Å². The fourth-order valence-corrected chi connectivity index (χ4v) is 4.25. The van der Waals surface area contributed by atoms with Gasteiger partial charge < -0.3 is 19.7 Å². The van der Waals surface area contributed by atoms with Crippen LogP contribution in [-0.2, 0) is 22.3 Å². The van der Waals surface area contributed by atoms with Crippen molar-refractivity contribution >= 4 is 28.9 Å². The number of amides is 2. The Morgan fingerprint density at radius 3 is 2.39 bits per heavy atom. The molecule has 14 heteroatoms. The van der Waals surface area contributed by atoms with E-state index in [9.17, 15) is 36.8 Å². The Balaban J connectivity index is 1.99. The van der Waals surface area contributed by atoms with E-state index in [1.165, 1.54) is 39.1 Å². The predicted octanol–water partition coefficient (Wildman–Crippen LogP) is 4.59. The summed E-state index contributed by atoms with van der Waals surface area (Å²) in [6.45, 7) is 2.52. The van der Waals surface area contributed by atoms with Crippen molar-refractivity contribution in [3.05, 3.63) is 77.1 Å². The number of aromatic nitrogens is 1. The zero-order valence-corrected chi connectivity index (χ0v) is 20.8. The van der Waals surface area contributed by atoms with E-state index >= 15 is 4.39 Å². The number of aliphatic hydroxyl groups is 1. The first-order valence-corrected chi connectivity index (χ1v) is 11.8. The quantitative estimate of drug-likeness (QED) is 0.250. The van der Waals surface area contributed by atoms with Crippen LogP contribution in [0.1, 0.15) is 28.5 Å². The third kappa shape index (κ3) is 6.38. The molecule has 2 aromatic carbocycles. The molecule has 3 rings (SSSR count). The van der Waals surface area contributed by atoms with E-state index in [1.807, 2.05) is 0 Å². The van der Waals surface area contributed by atoms with E-state index < -0.39 is 64.1 Å². The Morgan fingerprint density at radius 2 is 1.79 bits per heavy atom. The van der Waals surface area contributed by atoms with E-state index in [0.29, 0.717) is 6.07 Å². The molecule has 0 aliphatic rings. The second-order valence-electron chi connectivity index (χ2n) is 7.86. The molecule has 0 saturated carbocycles. The molecule has 0 aliphatic heterocycles. The van der Waals surface area contributed by atoms with Gasteiger partial charge in [-0.05, 0) is 50.2 Å². The first kappa shape index (κ1) is 28.8. The standard InChI is InChI=1S/C24H20F5N3O5S/c1-12-17(9-10-19(25)30-12)37-18-8-7-16(24(27,28)29)21(26)20(18)22(34)31-14-5-4-6-15(11-14)38(36)32(3)23(35)13(2)33/h4-11,13,33H,1-3H3,(H,31,34)/t13-,38+/m0/s1. The average molecular weight is 557 g/mol. The maximum absolute atomic E-state index is 15.1. The number of rotatable bonds is 7. The van der Waals surface area contributed by atoms with Crippen molar-refractivity contribution in [2.24, 2.45) is 0 Å². The lowest BCUT2D eigenvalue weighted by molar-refractivity contribution is -0.140. The number of nitrogens with zero attached hydrogens (tertiary/aromatic N) is 2. The Labute approximate surface area is 216 Å². The summed E-state index contributed by atoms with van der Waals surface area (Å²) in [6, 6.07) is 8.26. The number of pyridine rings is 1. The van der Waals surface area contributed by atoms with Crippen molar-refractivity contribution in [3.8, 4) is 11.5 Å². The van der Waals surface area contributed by atoms with Crippen LogP contribution in [0, 0.1) is 18.7 Å². The fourth-order valence-electron chi connectivity index (χ4n) is 3.20. The van der Waals surface area contributed by atoms with Crippen LogP contribution in [0.5, 0.6) is 11.5 Å². The number of likely N-dealkylation sites (N-methyl/N-ethyl adjacent to an activating group) is 1. The summed E-state index contributed by atoms with van der Waals surface area (Å²) >= 11 is -2.12. The lowest BCUT2D eigenvalue weighted by atomic mass is 10.1. The van der Waals surface area contributed by atoms with Gasteiger partial charge in [0.15, 0.2) is 10.7 Å². The van der Waals surface area contributed by atoms with Gasteiger partial charge in [-0.2, -0.15) is 21.9 Å². The first-order chi connectivity index (χ1) is 17.7. The van der Waals surface area contributed by atoms with Gasteiger partial charge in [0.2, 0.25) is 5.95 Å². The van der Waals surface area contributed by atoms with Crippen molar-refractivity contribution < 1.29 is 45.9 Å². The number of hydrogen-bond donors (Lipinski definition) is 2. The summed E-state index contributed by atoms with van der Waals surface area (Å²) in [5.41, 5.74) is -2.93. The van der Waals surface area contributed by atoms with Crippen LogP contribution in [0.4, 0.5) is 27.6 Å². The van der Waals surface area contributed by atoms with E-state index in [0.717, 1.165) is 28.6 Å². The summed E-state index contributed by atoms with van der Waals surface area (Å²) in [6.07, 6.45) is -6.57. The molecule has 1 aromatic heterocycles. The number of hydrogen-bond acceptors (Lipinski definition) is 6. The fraction of sp³-hybridized carbons (Fsp3) is 0.208. The highest BCUT2D eigenvalue weighted by Crippen LogP contribution is 2.38. The summed E-state index contributed by atoms with van der Waals surface area (Å²) in [7, 11) is 1.17. The number of benzene rings is 2. The van der Waals surface area contributed by atoms with Gasteiger partial charge in [0, 0.05) is 11.8 Å². The Hall–Kier alpha value is -3.75. The molecule has 0 saturated heterocycles. The SMILES string of the molecule is Cc1nc(F)ccc1Oc1ccc(C(F)(F)F)c(F)c1C(=O)Nc1cccc([S@@+]([O-])N(C)C(=O)[C@H](C)O)c1. The van der Waals surface area contributed by atoms with Crippen LogP contribution >= 0.6 is 0 Å². The van der Waals surface area contributed by atoms with Gasteiger partial charge in [0.1, 0.15) is 34.5 Å². The van der Waals surface area contributed by atoms with Crippen molar-refractivity contribution in [2.75, 3.05) is 12.4 Å². The van der Waals surface area contributed by atoms with Gasteiger partial charge >= 0.3 is 6.18 Å². The number of aliphatic hydroxyl groups excluding tert-OH is 1. The number of anilines is 1. The number of alkyl halides is 3. The number of carbonyl (C=O) groups excluding carboxylic acids is 2. The average Bonchev–Trinajstić information content (AvgIpc) is 2.83. The highest BCUT2D eigenvalue weighted by molar-refractivity contribution is 7.89. The monoisotopic (exact) mass is 557 g/mol. The number of halogens is 5. The summed E-state index contributed by atoms with van der Waals surface area (Å²) < 4.78 is 87.4. The molecular formula is C24H20F5N3O5S. The summed E-state index contributed by atoms with van der Waals surface area (Å²) in [4.78, 5) is 28.5. The molecule has 38 heavy (non-hydrogen) atoms. The molecule has 0 spiro atoms. The van der Waals surface area contributed by atoms with Crippen LogP contribution < -0.4 is 10.1 Å². The van der Waals surface area contributed by atoms with E-state index in [-0.39, 0.29) is 22.0 Å². The van der Waals surface area contributed by atoms with Crippen molar-refractivity contribution in [3.63, 3.8) is 0 Å². The molecule has 8 nitrogen and oxygen atoms in total. The molecule has 1 heterocycles. The highest BCUT2D eigenvalue weighted by Gasteiger charge is 2.37. The molecule has 3 aromatic rings. The lowest BCUT2D eigenvalue weighted by Crippen LogP contribution is -2.39. The number of carbonyl (C=O) groups is 2. The third-order valence-corrected chi connectivity index (χ3v) is 6.40. The molecule has 0 bridgehead atoms. The molecule has 0 unspecified atom stereocenters. The van der Waals surface area contributed by atoms with Gasteiger partial charge in [-0.25, -0.2) is 9.37 Å². The highest BCUT2D eigenvalue weighted by atomic mass is 32.2. The molecule has 2 atom stereocenters. The zero-order chi connectivity index (χ0) is 28.4. The van der Waals surface area contributed by atoms with Gasteiger partial charge in [0.25, 0.3) is 11.8 Å². The maximum Gasteiger partial charge on any atom is 0.419 e. The molecule has 0 radical (unpaired) electrons. The van der Waals surface area contributed by atoms with E-state index in [2.05, 4.69) is 10.3 Å². The minimum absolute atomic E-state index is 0.00620. The predicted molar refractivity (Wildman–Crippen MR) is 126 cm³/mol. The Morgan fingerprint density at radius 1 is 1.13 bits per heavy atom. The molecule has 202 valence electrons. The second kappa shape index (κ2) is 11.3. The van der Waals surface area contributed by atoms with Crippen LogP contribution in [0.15, 0.2) is 53.4 Å². The van der Waals surface area contributed by atoms with Crippen molar-refractivity contribution in [1.82, 2.24) is 9.29 Å². The Kier molecular flexibility index (Phi) is 8.59. The number of ether oxygens (including phenoxy) is 1. The molecule has 0 fully saturated rings. The van der Waals surface area contributed by atoms with Gasteiger partial charge in [-0.15, -0.1) is 0 Å². The van der Waals surface area contributed by atoms with Crippen molar-refractivity contribution in [2.45, 2.75) is 31.0 Å². The van der Waals surface area contributed by atoms with Crippen LogP contribution in [-0.4, -0.2) is 43.9 Å². The smallest absolute Gasteiger partial charge is 0.419 e. The van der Waals surface area contributed by atoms with Crippen LogP contribution in [0.2, 0.25) is 0 Å². The van der Waals surface area contributed by atoms with Crippen LogP contribution in [0.3, 0.4) is 0 Å². The first-order valence-electron chi connectivity index (χ1n) is 10.7. The summed E-state index contributed by atoms with van der Waals surface area (Å²) in [5, 5.41) is 11.6. The lowest BCUT2D eigenvalue weighted by Gasteiger charge is -2.21. The topological polar surface area (TPSA) is 115 Å². The largest absolute Gasteiger partial charge is 0.588 e. The maximum atomic E-state index is 15.1. The third-order valence-electron chi connectivity index (χ3n) is 5.07. The Bertz CT molecular complexity index is 1370. The summed E-state index contributed by atoms with van der Waals surface area (Å²) in [5.74, 6) is -5.70. The molecule has 0 aliphatic carbocycles. The second-order valence-corrected chi connectivity index (χ2v) is 9.38. The molecular weight excluding hydrogens is 537 g/mol. The van der Waals surface area contributed by atoms with E-state index in [4.69, 9.17) is 4.74 Å². The normalized spacial score (nSPS) is 13.0. The van der Waals surface area contributed by atoms with Gasteiger partial charge in [-0.1, -0.05) is 6.07 Å². The van der Waals surface area contributed by atoms with Gasteiger partial charge in [0.05, 0.1) is 18.3 Å². The zero-order valence-electron chi connectivity index (χ0n) is 20.0. The van der Waals surface area contributed by atoms with Gasteiger partial charge in [-0.3, -0.25) is 9.59 Å². The van der Waals surface area contributed by atoms with E-state index in [1.54, 1.807) is 0 Å². The number of aryl methyl sites for hydroxylation is 1. The van der Waals surface area contributed by atoms with Crippen molar-refractivity contribution in [1.29, 1.82) is 0 Å². The molecule has 2 amide bonds. The minimum atomic E-state index is -5.14. The molecule has 2 N–H and O–H groups in total.